The number of aliphatic carboxylic acids is 1. The number of carbonyl (C=O) groups is 10. The molecule has 0 bridgehead atoms. The van der Waals surface area contributed by atoms with Crippen molar-refractivity contribution in [2.24, 2.45) is 56.2 Å². The summed E-state index contributed by atoms with van der Waals surface area (Å²) in [4.78, 5) is 144. The van der Waals surface area contributed by atoms with Crippen molar-refractivity contribution in [3.63, 3.8) is 0 Å². The standard InChI is InChI=1S/C50H84N16O13/c1-25(2)21-32(42(72)63-35(48(78)79)23-29-13-8-7-9-14-29)60-43(73)34(24-37(52)69)61-41(71)33(22-26(3)4)62-45(75)38(27(5)67)65-46(76)39(28(6)68)64-44(74)36-17-12-20-66(36)47(77)31(16-11-19-58-50(55)56)59-40(70)30(51)15-10-18-57-49(53)54/h7-9,13-14,25-28,30-36,38-39,67-68H,10-12,15-24,51H2,1-6H3,(H2,52,69)(H,59,70)(H,60,73)(H,61,71)(H,62,75)(H,63,72)(H,64,74)(H,65,76)(H,78,79)(H4,53,54,57)(H4,55,56,58)/t27-,28-,30+,31+,32+,33+,34+,35+,36+,38+,39+/m1/s1. The number of carboxylic acid groups (broad SMARTS) is 1. The van der Waals surface area contributed by atoms with Crippen molar-refractivity contribution in [2.75, 3.05) is 19.6 Å². The molecule has 9 amide bonds. The Morgan fingerprint density at radius 3 is 1.54 bits per heavy atom. The normalized spacial score (nSPS) is 16.9. The van der Waals surface area contributed by atoms with Crippen LogP contribution in [0.25, 0.3) is 0 Å². The molecule has 1 aliphatic rings. The molecule has 1 heterocycles. The van der Waals surface area contributed by atoms with Crippen LogP contribution in [0.3, 0.4) is 0 Å². The van der Waals surface area contributed by atoms with Gasteiger partial charge in [0.25, 0.3) is 0 Å². The molecule has 0 aromatic heterocycles. The van der Waals surface area contributed by atoms with Gasteiger partial charge in [-0.1, -0.05) is 58.0 Å². The Balaban J connectivity index is 2.30. The van der Waals surface area contributed by atoms with E-state index in [1.54, 1.807) is 58.0 Å². The molecule has 29 heteroatoms. The molecule has 1 aliphatic heterocycles. The number of hydrogen-bond donors (Lipinski definition) is 16. The minimum absolute atomic E-state index is 0.00981. The maximum absolute atomic E-state index is 14.1. The fourth-order valence-electron chi connectivity index (χ4n) is 8.44. The van der Waals surface area contributed by atoms with Gasteiger partial charge in [0.1, 0.15) is 48.3 Å². The molecule has 2 rings (SSSR count). The molecule has 79 heavy (non-hydrogen) atoms. The first kappa shape index (κ1) is 67.4. The number of benzene rings is 1. The number of amides is 9. The zero-order valence-corrected chi connectivity index (χ0v) is 45.8. The summed E-state index contributed by atoms with van der Waals surface area (Å²) >= 11 is 0. The first-order chi connectivity index (χ1) is 37.0. The van der Waals surface area contributed by atoms with Gasteiger partial charge in [-0.3, -0.25) is 53.1 Å². The Bertz CT molecular complexity index is 2290. The van der Waals surface area contributed by atoms with Crippen LogP contribution in [0.5, 0.6) is 0 Å². The lowest BCUT2D eigenvalue weighted by Gasteiger charge is -2.31. The largest absolute Gasteiger partial charge is 0.480 e. The van der Waals surface area contributed by atoms with E-state index in [2.05, 4.69) is 47.2 Å². The van der Waals surface area contributed by atoms with Gasteiger partial charge in [0, 0.05) is 26.1 Å². The predicted octanol–water partition coefficient (Wildman–Crippen LogP) is -5.14. The average Bonchev–Trinajstić information content (AvgIpc) is 3.86. The van der Waals surface area contributed by atoms with Crippen molar-refractivity contribution < 1.29 is 63.3 Å². The summed E-state index contributed by atoms with van der Waals surface area (Å²) in [7, 11) is 0. The molecule has 0 saturated carbocycles. The minimum atomic E-state index is -1.84. The average molecular weight is 1120 g/mol. The third kappa shape index (κ3) is 24.3. The quantitative estimate of drug-likeness (QED) is 0.0174. The van der Waals surface area contributed by atoms with Crippen molar-refractivity contribution in [1.29, 1.82) is 0 Å². The van der Waals surface area contributed by atoms with Gasteiger partial charge in [0.05, 0.1) is 24.7 Å². The van der Waals surface area contributed by atoms with Crippen LogP contribution in [0.2, 0.25) is 0 Å². The fraction of sp³-hybridized carbons (Fsp3) is 0.640. The molecule has 1 saturated heterocycles. The van der Waals surface area contributed by atoms with E-state index in [9.17, 15) is 63.3 Å². The third-order valence-electron chi connectivity index (χ3n) is 12.4. The highest BCUT2D eigenvalue weighted by Crippen LogP contribution is 2.21. The molecule has 442 valence electrons. The molecule has 11 atom stereocenters. The van der Waals surface area contributed by atoms with Gasteiger partial charge in [0.2, 0.25) is 53.2 Å². The van der Waals surface area contributed by atoms with Gasteiger partial charge >= 0.3 is 5.97 Å². The Morgan fingerprint density at radius 2 is 1.05 bits per heavy atom. The number of carboxylic acids is 1. The molecule has 1 fully saturated rings. The number of rotatable bonds is 34. The maximum Gasteiger partial charge on any atom is 0.326 e. The number of aliphatic hydroxyl groups excluding tert-OH is 2. The topological polar surface area (TPSA) is 500 Å². The number of nitrogens with one attached hydrogen (secondary N) is 7. The van der Waals surface area contributed by atoms with Crippen LogP contribution in [-0.2, 0) is 54.4 Å². The Hall–Kier alpha value is -7.66. The number of aliphatic imine (C=N–C) groups is 2. The number of nitrogens with zero attached hydrogens (tertiary/aromatic N) is 3. The van der Waals surface area contributed by atoms with Crippen molar-refractivity contribution in [3.8, 4) is 0 Å². The lowest BCUT2D eigenvalue weighted by molar-refractivity contribution is -0.143. The van der Waals surface area contributed by atoms with E-state index in [1.165, 1.54) is 11.8 Å². The summed E-state index contributed by atoms with van der Waals surface area (Å²) in [5, 5.41) is 48.7. The Morgan fingerprint density at radius 1 is 0.595 bits per heavy atom. The molecule has 0 spiro atoms. The van der Waals surface area contributed by atoms with Gasteiger partial charge in [-0.05, 0) is 82.6 Å². The molecule has 0 unspecified atom stereocenters. The van der Waals surface area contributed by atoms with Crippen LogP contribution in [-0.4, -0.2) is 177 Å². The Labute approximate surface area is 459 Å². The number of primary amides is 1. The van der Waals surface area contributed by atoms with Gasteiger partial charge in [0.15, 0.2) is 11.9 Å². The van der Waals surface area contributed by atoms with E-state index in [0.717, 1.165) is 6.92 Å². The Kier molecular flexibility index (Phi) is 28.7. The predicted molar refractivity (Wildman–Crippen MR) is 290 cm³/mol. The summed E-state index contributed by atoms with van der Waals surface area (Å²) in [5.41, 5.74) is 33.8. The molecule has 1 aromatic rings. The van der Waals surface area contributed by atoms with Gasteiger partial charge < -0.3 is 91.8 Å². The van der Waals surface area contributed by atoms with E-state index in [-0.39, 0.29) is 88.3 Å². The lowest BCUT2D eigenvalue weighted by atomic mass is 10.00. The number of nitrogens with two attached hydrogens (primary N) is 6. The number of likely N-dealkylation sites (tertiary alicyclic amines) is 1. The smallest absolute Gasteiger partial charge is 0.326 e. The van der Waals surface area contributed by atoms with Crippen LogP contribution >= 0.6 is 0 Å². The van der Waals surface area contributed by atoms with E-state index in [4.69, 9.17) is 34.4 Å². The highest BCUT2D eigenvalue weighted by molar-refractivity contribution is 5.99. The second-order valence-electron chi connectivity index (χ2n) is 20.4. The summed E-state index contributed by atoms with van der Waals surface area (Å²) in [6, 6.07) is -4.51. The highest BCUT2D eigenvalue weighted by Gasteiger charge is 2.41. The second-order valence-corrected chi connectivity index (χ2v) is 20.4. The van der Waals surface area contributed by atoms with Crippen molar-refractivity contribution in [3.05, 3.63) is 35.9 Å². The molecule has 22 N–H and O–H groups in total. The number of guanidine groups is 2. The summed E-state index contributed by atoms with van der Waals surface area (Å²) in [5.74, 6) is -10.6. The first-order valence-corrected chi connectivity index (χ1v) is 26.2. The molecular formula is C50H84N16O13. The number of hydrogen-bond acceptors (Lipinski definition) is 15. The van der Waals surface area contributed by atoms with E-state index in [1.807, 2.05) is 0 Å². The zero-order chi connectivity index (χ0) is 59.7. The molecule has 0 aliphatic carbocycles. The molecule has 0 radical (unpaired) electrons. The molecule has 1 aromatic carbocycles. The van der Waals surface area contributed by atoms with Crippen molar-refractivity contribution >= 4 is 71.1 Å². The van der Waals surface area contributed by atoms with Crippen molar-refractivity contribution in [2.45, 2.75) is 172 Å². The fourth-order valence-corrected chi connectivity index (χ4v) is 8.44. The summed E-state index contributed by atoms with van der Waals surface area (Å²) in [6.45, 7) is 9.57. The van der Waals surface area contributed by atoms with Crippen LogP contribution in [0.1, 0.15) is 105 Å². The van der Waals surface area contributed by atoms with Crippen LogP contribution < -0.4 is 71.6 Å². The second kappa shape index (κ2) is 33.6. The van der Waals surface area contributed by atoms with E-state index in [0.29, 0.717) is 18.4 Å². The monoisotopic (exact) mass is 1120 g/mol. The summed E-state index contributed by atoms with van der Waals surface area (Å²) in [6.07, 6.45) is -3.02. The SMILES string of the molecule is CC(C)C[C@H](NC(=O)[C@H](CC(N)=O)NC(=O)[C@H](CC(C)C)NC(=O)[C@@H](NC(=O)[C@@H](NC(=O)[C@@H]1CCCN1C(=O)[C@H](CCCN=C(N)N)NC(=O)[C@@H](N)CCCN=C(N)N)[C@@H](C)O)[C@@H](C)O)C(=O)N[C@@H](Cc1ccccc1)C(=O)O. The number of aliphatic hydroxyl groups is 2. The molecular weight excluding hydrogens is 1030 g/mol. The highest BCUT2D eigenvalue weighted by atomic mass is 16.4. The van der Waals surface area contributed by atoms with Gasteiger partial charge in [-0.15, -0.1) is 0 Å². The van der Waals surface area contributed by atoms with Crippen LogP contribution in [0, 0.1) is 11.8 Å². The number of carbonyl (C=O) groups excluding carboxylic acids is 9. The third-order valence-corrected chi connectivity index (χ3v) is 12.4. The zero-order valence-electron chi connectivity index (χ0n) is 45.8. The van der Waals surface area contributed by atoms with Crippen LogP contribution in [0.15, 0.2) is 40.3 Å². The first-order valence-electron chi connectivity index (χ1n) is 26.2. The molecule has 29 nitrogen and oxygen atoms in total. The van der Waals surface area contributed by atoms with E-state index < -0.39 is 132 Å². The van der Waals surface area contributed by atoms with Crippen molar-refractivity contribution in [1.82, 2.24) is 42.1 Å². The van der Waals surface area contributed by atoms with Crippen LogP contribution in [0.4, 0.5) is 0 Å². The van der Waals surface area contributed by atoms with Gasteiger partial charge in [-0.25, -0.2) is 4.79 Å². The van der Waals surface area contributed by atoms with Gasteiger partial charge in [-0.2, -0.15) is 0 Å². The maximum atomic E-state index is 14.1. The van der Waals surface area contributed by atoms with E-state index >= 15 is 0 Å². The lowest BCUT2D eigenvalue weighted by Crippen LogP contribution is -2.63. The minimum Gasteiger partial charge on any atom is -0.480 e. The summed E-state index contributed by atoms with van der Waals surface area (Å²) < 4.78 is 0.